The first-order chi connectivity index (χ1) is 8.85. The van der Waals surface area contributed by atoms with Crippen molar-refractivity contribution in [2.24, 2.45) is 4.99 Å². The number of amidine groups is 1. The number of anilines is 1. The fourth-order valence-electron chi connectivity index (χ4n) is 1.34. The van der Waals surface area contributed by atoms with Gasteiger partial charge in [-0.25, -0.2) is 13.4 Å². The summed E-state index contributed by atoms with van der Waals surface area (Å²) < 4.78 is 24.6. The van der Waals surface area contributed by atoms with Crippen LogP contribution < -0.4 is 10.0 Å². The summed E-state index contributed by atoms with van der Waals surface area (Å²) in [5.74, 6) is 0. The third-order valence-corrected chi connectivity index (χ3v) is 3.26. The summed E-state index contributed by atoms with van der Waals surface area (Å²) in [7, 11) is -3.29. The van der Waals surface area contributed by atoms with Crippen LogP contribution in [0.25, 0.3) is 0 Å². The molecule has 2 N–H and O–H groups in total. The third-order valence-electron chi connectivity index (χ3n) is 2.08. The normalized spacial score (nSPS) is 11.8. The van der Waals surface area contributed by atoms with Gasteiger partial charge in [-0.15, -0.1) is 0 Å². The van der Waals surface area contributed by atoms with E-state index in [0.717, 1.165) is 11.8 Å². The van der Waals surface area contributed by atoms with Crippen LogP contribution in [0.15, 0.2) is 23.2 Å². The van der Waals surface area contributed by atoms with Crippen LogP contribution in [-0.2, 0) is 10.0 Å². The summed E-state index contributed by atoms with van der Waals surface area (Å²) >= 11 is 1.32. The van der Waals surface area contributed by atoms with Gasteiger partial charge in [-0.3, -0.25) is 10.0 Å². The monoisotopic (exact) mass is 298 g/mol. The van der Waals surface area contributed by atoms with Crippen LogP contribution in [-0.4, -0.2) is 26.1 Å². The maximum Gasteiger partial charge on any atom is 0.229 e. The predicted molar refractivity (Wildman–Crippen MR) is 79.0 cm³/mol. The molecule has 0 bridgehead atoms. The Morgan fingerprint density at radius 1 is 1.47 bits per heavy atom. The van der Waals surface area contributed by atoms with Crippen LogP contribution in [0.4, 0.5) is 11.4 Å². The van der Waals surface area contributed by atoms with Crippen molar-refractivity contribution < 1.29 is 8.42 Å². The molecular formula is C11H14N4O2S2. The topological polar surface area (TPSA) is 94.3 Å². The summed E-state index contributed by atoms with van der Waals surface area (Å²) in [5, 5.41) is 11.5. The lowest BCUT2D eigenvalue weighted by Gasteiger charge is -2.07. The van der Waals surface area contributed by atoms with E-state index in [0.29, 0.717) is 16.5 Å². The number of sulfonamides is 1. The Morgan fingerprint density at radius 2 is 2.16 bits per heavy atom. The fraction of sp³-hybridized carbons (Fsp3) is 0.273. The summed E-state index contributed by atoms with van der Waals surface area (Å²) in [5.41, 5.74) is 1.96. The van der Waals surface area contributed by atoms with Gasteiger partial charge in [-0.2, -0.15) is 5.26 Å². The van der Waals surface area contributed by atoms with Gasteiger partial charge in [-0.05, 0) is 36.9 Å². The third kappa shape index (κ3) is 5.19. The number of benzene rings is 1. The molecule has 0 atom stereocenters. The SMILES string of the molecule is CSC(=Nc1ccc(NS(C)(=O)=O)cc1C)NC#N. The van der Waals surface area contributed by atoms with Gasteiger partial charge in [-0.1, -0.05) is 11.8 Å². The van der Waals surface area contributed by atoms with Crippen molar-refractivity contribution in [3.63, 3.8) is 0 Å². The zero-order valence-electron chi connectivity index (χ0n) is 10.8. The molecule has 0 heterocycles. The first-order valence-electron chi connectivity index (χ1n) is 5.22. The lowest BCUT2D eigenvalue weighted by atomic mass is 10.2. The average molecular weight is 298 g/mol. The molecule has 19 heavy (non-hydrogen) atoms. The number of nitriles is 1. The highest BCUT2D eigenvalue weighted by molar-refractivity contribution is 8.13. The number of nitrogens with one attached hydrogen (secondary N) is 2. The van der Waals surface area contributed by atoms with Gasteiger partial charge in [0.15, 0.2) is 11.4 Å². The van der Waals surface area contributed by atoms with Crippen LogP contribution in [0.3, 0.4) is 0 Å². The van der Waals surface area contributed by atoms with Gasteiger partial charge >= 0.3 is 0 Å². The van der Waals surface area contributed by atoms with Crippen LogP contribution in [0.2, 0.25) is 0 Å². The molecule has 0 fully saturated rings. The summed E-state index contributed by atoms with van der Waals surface area (Å²) in [6.45, 7) is 1.82. The van der Waals surface area contributed by atoms with Crippen molar-refractivity contribution in [2.45, 2.75) is 6.92 Å². The van der Waals surface area contributed by atoms with Crippen molar-refractivity contribution >= 4 is 38.3 Å². The molecule has 8 heteroatoms. The summed E-state index contributed by atoms with van der Waals surface area (Å²) in [4.78, 5) is 4.27. The Labute approximate surface area is 117 Å². The minimum absolute atomic E-state index is 0.481. The number of thioether (sulfide) groups is 1. The van der Waals surface area contributed by atoms with Crippen molar-refractivity contribution in [1.29, 1.82) is 5.26 Å². The Balaban J connectivity index is 3.04. The fourth-order valence-corrected chi connectivity index (χ4v) is 2.23. The highest BCUT2D eigenvalue weighted by atomic mass is 32.2. The van der Waals surface area contributed by atoms with E-state index in [9.17, 15) is 8.42 Å². The number of hydrogen-bond acceptors (Lipinski definition) is 5. The number of aliphatic imine (C=N–C) groups is 1. The van der Waals surface area contributed by atoms with Gasteiger partial charge in [0.05, 0.1) is 11.9 Å². The summed E-state index contributed by atoms with van der Waals surface area (Å²) in [6, 6.07) is 5.00. The number of rotatable bonds is 3. The zero-order chi connectivity index (χ0) is 14.5. The van der Waals surface area contributed by atoms with Crippen molar-refractivity contribution in [3.8, 4) is 6.19 Å². The highest BCUT2D eigenvalue weighted by Crippen LogP contribution is 2.23. The number of hydrogen-bond donors (Lipinski definition) is 2. The van der Waals surface area contributed by atoms with Crippen LogP contribution in [0.1, 0.15) is 5.56 Å². The second-order valence-corrected chi connectivity index (χ2v) is 6.28. The lowest BCUT2D eigenvalue weighted by Crippen LogP contribution is -2.12. The standard InChI is InChI=1S/C11H14N4O2S2/c1-8-6-9(15-19(3,16)17)4-5-10(8)14-11(18-2)13-7-12/h4-6,15H,1-3H3,(H,13,14). The molecule has 0 aliphatic rings. The van der Waals surface area contributed by atoms with E-state index in [-0.39, 0.29) is 0 Å². The molecule has 0 aromatic heterocycles. The molecule has 1 rings (SSSR count). The van der Waals surface area contributed by atoms with E-state index < -0.39 is 10.0 Å². The Bertz CT molecular complexity index is 633. The highest BCUT2D eigenvalue weighted by Gasteiger charge is 2.05. The van der Waals surface area contributed by atoms with E-state index in [4.69, 9.17) is 5.26 Å². The van der Waals surface area contributed by atoms with Gasteiger partial charge < -0.3 is 0 Å². The second-order valence-electron chi connectivity index (χ2n) is 3.73. The quantitative estimate of drug-likeness (QED) is 0.384. The Kier molecular flexibility index (Phi) is 5.20. The van der Waals surface area contributed by atoms with Crippen molar-refractivity contribution in [1.82, 2.24) is 5.32 Å². The lowest BCUT2D eigenvalue weighted by molar-refractivity contribution is 0.607. The van der Waals surface area contributed by atoms with Gasteiger partial charge in [0, 0.05) is 5.69 Å². The smallest absolute Gasteiger partial charge is 0.229 e. The molecule has 0 spiro atoms. The molecule has 0 aliphatic heterocycles. The molecule has 0 saturated carbocycles. The van der Waals surface area contributed by atoms with Gasteiger partial charge in [0.1, 0.15) is 0 Å². The minimum Gasteiger partial charge on any atom is -0.284 e. The Morgan fingerprint density at radius 3 is 2.63 bits per heavy atom. The number of nitrogens with zero attached hydrogens (tertiary/aromatic N) is 2. The first-order valence-corrected chi connectivity index (χ1v) is 8.33. The van der Waals surface area contributed by atoms with Crippen molar-refractivity contribution in [3.05, 3.63) is 23.8 Å². The molecule has 0 saturated heterocycles. The van der Waals surface area contributed by atoms with Crippen molar-refractivity contribution in [2.75, 3.05) is 17.2 Å². The largest absolute Gasteiger partial charge is 0.284 e. The summed E-state index contributed by atoms with van der Waals surface area (Å²) in [6.07, 6.45) is 4.71. The van der Waals surface area contributed by atoms with Crippen LogP contribution in [0.5, 0.6) is 0 Å². The van der Waals surface area contributed by atoms with Gasteiger partial charge in [0.2, 0.25) is 10.0 Å². The van der Waals surface area contributed by atoms with Gasteiger partial charge in [0.25, 0.3) is 0 Å². The molecule has 0 amide bonds. The van der Waals surface area contributed by atoms with E-state index in [1.165, 1.54) is 11.8 Å². The zero-order valence-corrected chi connectivity index (χ0v) is 12.4. The maximum atomic E-state index is 11.1. The molecule has 6 nitrogen and oxygen atoms in total. The van der Waals surface area contributed by atoms with E-state index in [2.05, 4.69) is 15.0 Å². The second kappa shape index (κ2) is 6.45. The molecular weight excluding hydrogens is 284 g/mol. The van der Waals surface area contributed by atoms with E-state index in [1.54, 1.807) is 24.5 Å². The predicted octanol–water partition coefficient (Wildman–Crippen LogP) is 1.79. The molecule has 102 valence electrons. The van der Waals surface area contributed by atoms with E-state index >= 15 is 0 Å². The van der Waals surface area contributed by atoms with Crippen LogP contribution >= 0.6 is 11.8 Å². The number of aryl methyl sites for hydroxylation is 1. The maximum absolute atomic E-state index is 11.1. The molecule has 0 aliphatic carbocycles. The average Bonchev–Trinajstić information content (AvgIpc) is 2.29. The molecule has 0 unspecified atom stereocenters. The first kappa shape index (κ1) is 15.3. The Hall–Kier alpha value is -1.72. The molecule has 0 radical (unpaired) electrons. The minimum atomic E-state index is -3.29. The molecule has 1 aromatic rings. The van der Waals surface area contributed by atoms with E-state index in [1.807, 2.05) is 13.1 Å². The molecule has 1 aromatic carbocycles. The van der Waals surface area contributed by atoms with Crippen LogP contribution in [0, 0.1) is 18.4 Å².